The van der Waals surface area contributed by atoms with Gasteiger partial charge in [-0.2, -0.15) is 0 Å². The molecule has 4 rings (SSSR count). The first-order valence-corrected chi connectivity index (χ1v) is 11.6. The summed E-state index contributed by atoms with van der Waals surface area (Å²) in [7, 11) is 0. The standard InChI is InChI=1S/C28H28N4O3/c1-19-8-10-22(11-9-19)24(33)14-15-25(34)32(23-12-13-23)26(27-29-16-20(2)17-30-27)28(35)31-18-21-6-4-3-5-7-21/h3-11,14-17,23,26H,12-13,18H2,1-2H3,(H,31,35)/b15-14+. The Balaban J connectivity index is 1.58. The molecule has 1 fully saturated rings. The van der Waals surface area contributed by atoms with Crippen LogP contribution in [0.4, 0.5) is 0 Å². The van der Waals surface area contributed by atoms with Gasteiger partial charge in [0.25, 0.3) is 5.91 Å². The van der Waals surface area contributed by atoms with Crippen molar-refractivity contribution in [3.8, 4) is 0 Å². The average Bonchev–Trinajstić information content (AvgIpc) is 3.71. The third-order valence-electron chi connectivity index (χ3n) is 5.79. The maximum absolute atomic E-state index is 13.4. The van der Waals surface area contributed by atoms with Crippen molar-refractivity contribution in [2.75, 3.05) is 0 Å². The predicted molar refractivity (Wildman–Crippen MR) is 132 cm³/mol. The van der Waals surface area contributed by atoms with E-state index in [-0.39, 0.29) is 23.6 Å². The molecule has 1 aliphatic rings. The van der Waals surface area contributed by atoms with Gasteiger partial charge >= 0.3 is 0 Å². The molecule has 0 radical (unpaired) electrons. The molecule has 0 saturated heterocycles. The molecule has 1 heterocycles. The van der Waals surface area contributed by atoms with Gasteiger partial charge in [-0.3, -0.25) is 14.4 Å². The molecular weight excluding hydrogens is 440 g/mol. The molecule has 1 N–H and O–H groups in total. The lowest BCUT2D eigenvalue weighted by Crippen LogP contribution is -2.45. The van der Waals surface area contributed by atoms with E-state index in [1.54, 1.807) is 24.5 Å². The van der Waals surface area contributed by atoms with Crippen LogP contribution in [0.25, 0.3) is 0 Å². The van der Waals surface area contributed by atoms with E-state index in [0.717, 1.165) is 29.5 Å². The molecule has 1 unspecified atom stereocenters. The van der Waals surface area contributed by atoms with Gasteiger partial charge in [0.1, 0.15) is 0 Å². The van der Waals surface area contributed by atoms with Crippen molar-refractivity contribution in [2.45, 2.75) is 45.3 Å². The van der Waals surface area contributed by atoms with Crippen molar-refractivity contribution >= 4 is 17.6 Å². The highest BCUT2D eigenvalue weighted by molar-refractivity contribution is 6.08. The minimum Gasteiger partial charge on any atom is -0.350 e. The Morgan fingerprint density at radius 2 is 1.60 bits per heavy atom. The molecule has 2 aromatic carbocycles. The second kappa shape index (κ2) is 10.9. The monoisotopic (exact) mass is 468 g/mol. The van der Waals surface area contributed by atoms with Crippen LogP contribution in [0.3, 0.4) is 0 Å². The van der Waals surface area contributed by atoms with Crippen molar-refractivity contribution in [1.82, 2.24) is 20.2 Å². The number of ketones is 1. The topological polar surface area (TPSA) is 92.3 Å². The van der Waals surface area contributed by atoms with Crippen LogP contribution in [0.1, 0.15) is 51.8 Å². The lowest BCUT2D eigenvalue weighted by Gasteiger charge is -2.29. The molecule has 7 nitrogen and oxygen atoms in total. The van der Waals surface area contributed by atoms with Crippen LogP contribution in [0.5, 0.6) is 0 Å². The number of rotatable bonds is 9. The van der Waals surface area contributed by atoms with Gasteiger partial charge in [0.05, 0.1) is 0 Å². The maximum Gasteiger partial charge on any atom is 0.251 e. The van der Waals surface area contributed by atoms with E-state index in [1.807, 2.05) is 56.3 Å². The van der Waals surface area contributed by atoms with E-state index < -0.39 is 11.9 Å². The summed E-state index contributed by atoms with van der Waals surface area (Å²) in [5.74, 6) is -0.807. The first-order valence-electron chi connectivity index (χ1n) is 11.6. The SMILES string of the molecule is Cc1ccc(C(=O)/C=C/C(=O)N(C2CC2)C(C(=O)NCc2ccccc2)c2ncc(C)cn2)cc1. The van der Waals surface area contributed by atoms with Gasteiger partial charge in [-0.05, 0) is 43.9 Å². The van der Waals surface area contributed by atoms with Crippen molar-refractivity contribution in [3.05, 3.63) is 107 Å². The Labute approximate surface area is 204 Å². The molecule has 0 spiro atoms. The lowest BCUT2D eigenvalue weighted by molar-refractivity contribution is -0.138. The van der Waals surface area contributed by atoms with E-state index in [2.05, 4.69) is 15.3 Å². The average molecular weight is 469 g/mol. The van der Waals surface area contributed by atoms with Crippen molar-refractivity contribution in [3.63, 3.8) is 0 Å². The van der Waals surface area contributed by atoms with E-state index in [9.17, 15) is 14.4 Å². The molecule has 1 atom stereocenters. The van der Waals surface area contributed by atoms with Crippen LogP contribution in [0, 0.1) is 13.8 Å². The van der Waals surface area contributed by atoms with Crippen LogP contribution in [-0.2, 0) is 16.1 Å². The minimum absolute atomic E-state index is 0.112. The van der Waals surface area contributed by atoms with Gasteiger partial charge in [-0.1, -0.05) is 60.2 Å². The Kier molecular flexibility index (Phi) is 7.45. The van der Waals surface area contributed by atoms with Gasteiger partial charge in [-0.15, -0.1) is 0 Å². The lowest BCUT2D eigenvalue weighted by atomic mass is 10.1. The molecule has 7 heteroatoms. The zero-order valence-corrected chi connectivity index (χ0v) is 19.8. The quantitative estimate of drug-likeness (QED) is 0.380. The second-order valence-corrected chi connectivity index (χ2v) is 8.76. The number of hydrogen-bond acceptors (Lipinski definition) is 5. The molecule has 1 saturated carbocycles. The van der Waals surface area contributed by atoms with E-state index in [4.69, 9.17) is 0 Å². The second-order valence-electron chi connectivity index (χ2n) is 8.76. The fourth-order valence-electron chi connectivity index (χ4n) is 3.71. The van der Waals surface area contributed by atoms with Gasteiger partial charge in [0.2, 0.25) is 5.91 Å². The first kappa shape index (κ1) is 24.0. The number of carbonyl (C=O) groups is 3. The zero-order chi connectivity index (χ0) is 24.8. The van der Waals surface area contributed by atoms with E-state index in [1.165, 1.54) is 17.1 Å². The summed E-state index contributed by atoms with van der Waals surface area (Å²) in [5, 5.41) is 2.92. The number of allylic oxidation sites excluding steroid dienone is 1. The van der Waals surface area contributed by atoms with Crippen LogP contribution in [-0.4, -0.2) is 38.5 Å². The molecule has 35 heavy (non-hydrogen) atoms. The van der Waals surface area contributed by atoms with Crippen LogP contribution in [0.15, 0.2) is 79.1 Å². The minimum atomic E-state index is -1.00. The third-order valence-corrected chi connectivity index (χ3v) is 5.79. The fraction of sp³-hybridized carbons (Fsp3) is 0.250. The number of nitrogens with one attached hydrogen (secondary N) is 1. The Morgan fingerprint density at radius 1 is 0.943 bits per heavy atom. The summed E-state index contributed by atoms with van der Waals surface area (Å²) in [4.78, 5) is 49.5. The Bertz CT molecular complexity index is 1220. The van der Waals surface area contributed by atoms with Gasteiger partial charge in [0, 0.05) is 36.6 Å². The van der Waals surface area contributed by atoms with Crippen molar-refractivity contribution in [2.24, 2.45) is 0 Å². The first-order chi connectivity index (χ1) is 16.9. The van der Waals surface area contributed by atoms with Crippen molar-refractivity contribution < 1.29 is 14.4 Å². The summed E-state index contributed by atoms with van der Waals surface area (Å²) in [6.07, 6.45) is 7.32. The van der Waals surface area contributed by atoms with Crippen LogP contribution in [0.2, 0.25) is 0 Å². The summed E-state index contributed by atoms with van der Waals surface area (Å²) in [5.41, 5.74) is 3.34. The molecular formula is C28H28N4O3. The smallest absolute Gasteiger partial charge is 0.251 e. The van der Waals surface area contributed by atoms with Gasteiger partial charge in [-0.25, -0.2) is 9.97 Å². The normalized spacial score (nSPS) is 13.9. The molecule has 178 valence electrons. The number of amides is 2. The molecule has 0 aliphatic heterocycles. The highest BCUT2D eigenvalue weighted by Crippen LogP contribution is 2.34. The molecule has 1 aromatic heterocycles. The largest absolute Gasteiger partial charge is 0.350 e. The number of aromatic nitrogens is 2. The summed E-state index contributed by atoms with van der Waals surface area (Å²) in [6, 6.07) is 15.6. The number of carbonyl (C=O) groups excluding carboxylic acids is 3. The van der Waals surface area contributed by atoms with Crippen molar-refractivity contribution in [1.29, 1.82) is 0 Å². The number of hydrogen-bond donors (Lipinski definition) is 1. The number of nitrogens with zero attached hydrogens (tertiary/aromatic N) is 3. The maximum atomic E-state index is 13.4. The van der Waals surface area contributed by atoms with Crippen LogP contribution >= 0.6 is 0 Å². The summed E-state index contributed by atoms with van der Waals surface area (Å²) < 4.78 is 0. The zero-order valence-electron chi connectivity index (χ0n) is 19.8. The highest BCUT2D eigenvalue weighted by atomic mass is 16.2. The predicted octanol–water partition coefficient (Wildman–Crippen LogP) is 3.88. The number of benzene rings is 2. The number of aryl methyl sites for hydroxylation is 2. The summed E-state index contributed by atoms with van der Waals surface area (Å²) >= 11 is 0. The summed E-state index contributed by atoms with van der Waals surface area (Å²) in [6.45, 7) is 4.12. The molecule has 2 amide bonds. The van der Waals surface area contributed by atoms with E-state index >= 15 is 0 Å². The highest BCUT2D eigenvalue weighted by Gasteiger charge is 2.42. The molecule has 3 aromatic rings. The van der Waals surface area contributed by atoms with Gasteiger partial charge < -0.3 is 10.2 Å². The Morgan fingerprint density at radius 3 is 2.23 bits per heavy atom. The Hall–Kier alpha value is -4.13. The molecule has 0 bridgehead atoms. The van der Waals surface area contributed by atoms with Crippen LogP contribution < -0.4 is 5.32 Å². The van der Waals surface area contributed by atoms with Gasteiger partial charge in [0.15, 0.2) is 17.6 Å². The fourth-order valence-corrected chi connectivity index (χ4v) is 3.71. The van der Waals surface area contributed by atoms with E-state index in [0.29, 0.717) is 12.1 Å². The molecule has 1 aliphatic carbocycles. The third kappa shape index (κ3) is 6.26.